The van der Waals surface area contributed by atoms with Gasteiger partial charge in [-0.2, -0.15) is 0 Å². The Morgan fingerprint density at radius 3 is 2.72 bits per heavy atom. The molecule has 0 aromatic carbocycles. The van der Waals surface area contributed by atoms with E-state index in [0.29, 0.717) is 30.9 Å². The van der Waals surface area contributed by atoms with Crippen molar-refractivity contribution >= 4 is 14.2 Å². The lowest BCUT2D eigenvalue weighted by Gasteiger charge is -2.58. The molecular weight excluding hydrogens is 329 g/mol. The number of nitrogens with zero attached hydrogens (tertiary/aromatic N) is 1. The minimum Gasteiger partial charge on any atom is -0.411 e. The molecule has 0 aliphatic heterocycles. The van der Waals surface area contributed by atoms with E-state index in [2.05, 4.69) is 25.1 Å². The van der Waals surface area contributed by atoms with E-state index in [1.54, 1.807) is 5.57 Å². The first-order valence-electron chi connectivity index (χ1n) is 10.1. The molecule has 3 nitrogen and oxygen atoms in total. The highest BCUT2D eigenvalue weighted by atomic mass is 31.1. The molecule has 0 bridgehead atoms. The molecule has 3 unspecified atom stereocenters. The maximum Gasteiger partial charge on any atom is 0.158 e. The molecule has 0 spiro atoms. The molecule has 4 aliphatic carbocycles. The van der Waals surface area contributed by atoms with Gasteiger partial charge in [-0.05, 0) is 86.9 Å². The maximum absolute atomic E-state index is 11.4. The summed E-state index contributed by atoms with van der Waals surface area (Å²) < 4.78 is 11.4. The van der Waals surface area contributed by atoms with Crippen molar-refractivity contribution in [3.8, 4) is 0 Å². The average Bonchev–Trinajstić information content (AvgIpc) is 2.97. The summed E-state index contributed by atoms with van der Waals surface area (Å²) in [7, 11) is 0.341. The number of hydrogen-bond donors (Lipinski definition) is 1. The second-order valence-corrected chi connectivity index (χ2v) is 10.6. The van der Waals surface area contributed by atoms with Gasteiger partial charge in [-0.3, -0.25) is 4.57 Å². The SMILES string of the molecule is C/C(=N\O)[C@H]1CCC2C3CC=C4C[C@@H](P=O)CC[C@]4(C)C3CC[C@@]21C. The first-order chi connectivity index (χ1) is 11.9. The molecule has 138 valence electrons. The molecule has 0 saturated heterocycles. The van der Waals surface area contributed by atoms with Crippen LogP contribution in [0.1, 0.15) is 72.1 Å². The van der Waals surface area contributed by atoms with Gasteiger partial charge in [-0.15, -0.1) is 0 Å². The molecule has 1 N–H and O–H groups in total. The van der Waals surface area contributed by atoms with Gasteiger partial charge in [0.25, 0.3) is 0 Å². The normalized spacial score (nSPS) is 50.0. The van der Waals surface area contributed by atoms with E-state index in [1.165, 1.54) is 38.5 Å². The van der Waals surface area contributed by atoms with Crippen LogP contribution in [-0.4, -0.2) is 16.6 Å². The molecule has 3 saturated carbocycles. The Kier molecular flexibility index (Phi) is 4.38. The Morgan fingerprint density at radius 1 is 1.20 bits per heavy atom. The number of allylic oxidation sites excluding steroid dienone is 2. The Labute approximate surface area is 153 Å². The van der Waals surface area contributed by atoms with Crippen molar-refractivity contribution in [2.75, 3.05) is 0 Å². The number of oxime groups is 1. The highest BCUT2D eigenvalue weighted by molar-refractivity contribution is 7.24. The van der Waals surface area contributed by atoms with Crippen molar-refractivity contribution in [1.82, 2.24) is 0 Å². The van der Waals surface area contributed by atoms with Gasteiger partial charge in [-0.25, -0.2) is 0 Å². The van der Waals surface area contributed by atoms with E-state index in [1.807, 2.05) is 6.92 Å². The van der Waals surface area contributed by atoms with Gasteiger partial charge in [0.1, 0.15) is 0 Å². The zero-order valence-electron chi connectivity index (χ0n) is 15.9. The molecule has 4 aliphatic rings. The van der Waals surface area contributed by atoms with Crippen molar-refractivity contribution < 1.29 is 9.77 Å². The Hall–Kier alpha value is -0.690. The van der Waals surface area contributed by atoms with Gasteiger partial charge in [0.2, 0.25) is 0 Å². The van der Waals surface area contributed by atoms with Crippen LogP contribution in [0.3, 0.4) is 0 Å². The van der Waals surface area contributed by atoms with Crippen molar-refractivity contribution in [1.29, 1.82) is 0 Å². The van der Waals surface area contributed by atoms with Crippen LogP contribution in [-0.2, 0) is 4.57 Å². The van der Waals surface area contributed by atoms with Crippen LogP contribution in [0.15, 0.2) is 16.8 Å². The third kappa shape index (κ3) is 2.48. The highest BCUT2D eigenvalue weighted by Crippen LogP contribution is 2.66. The zero-order chi connectivity index (χ0) is 17.8. The predicted molar refractivity (Wildman–Crippen MR) is 101 cm³/mol. The van der Waals surface area contributed by atoms with Crippen LogP contribution in [0.25, 0.3) is 0 Å². The molecular formula is C21H32NO2P. The van der Waals surface area contributed by atoms with Crippen LogP contribution in [0, 0.1) is 34.5 Å². The molecule has 0 aromatic heterocycles. The van der Waals surface area contributed by atoms with E-state index in [9.17, 15) is 9.77 Å². The van der Waals surface area contributed by atoms with Crippen molar-refractivity contribution in [3.63, 3.8) is 0 Å². The van der Waals surface area contributed by atoms with E-state index in [4.69, 9.17) is 0 Å². The average molecular weight is 361 g/mol. The van der Waals surface area contributed by atoms with Crippen LogP contribution >= 0.6 is 8.46 Å². The first-order valence-corrected chi connectivity index (χ1v) is 11.0. The highest BCUT2D eigenvalue weighted by Gasteiger charge is 2.59. The summed E-state index contributed by atoms with van der Waals surface area (Å²) >= 11 is 0. The third-order valence-corrected chi connectivity index (χ3v) is 9.63. The molecule has 0 heterocycles. The quantitative estimate of drug-likeness (QED) is 0.213. The lowest BCUT2D eigenvalue weighted by atomic mass is 9.47. The molecule has 25 heavy (non-hydrogen) atoms. The predicted octanol–water partition coefficient (Wildman–Crippen LogP) is 6.08. The van der Waals surface area contributed by atoms with E-state index in [0.717, 1.165) is 36.3 Å². The minimum atomic E-state index is 0.310. The Balaban J connectivity index is 1.64. The standard InChI is InChI=1S/C21H32NO2P/c1-13(22-23)17-6-7-18-16-5-4-14-12-15(25-24)8-10-20(14,2)19(16)9-11-21(17,18)3/h4,15-19,23H,5-12H2,1-3H3/b22-13+/t15-,16?,17+,18?,19?,20-,21+/m0/s1. The fourth-order valence-corrected chi connectivity index (χ4v) is 7.99. The third-order valence-electron chi connectivity index (χ3n) is 8.89. The second-order valence-electron chi connectivity index (χ2n) is 9.68. The topological polar surface area (TPSA) is 49.7 Å². The summed E-state index contributed by atoms with van der Waals surface area (Å²) in [6.07, 6.45) is 12.2. The summed E-state index contributed by atoms with van der Waals surface area (Å²) in [4.78, 5) is 0. The molecule has 4 rings (SSSR count). The van der Waals surface area contributed by atoms with E-state index in [-0.39, 0.29) is 0 Å². The molecule has 0 amide bonds. The van der Waals surface area contributed by atoms with Gasteiger partial charge in [-0.1, -0.05) is 30.7 Å². The van der Waals surface area contributed by atoms with Crippen LogP contribution in [0.4, 0.5) is 0 Å². The van der Waals surface area contributed by atoms with E-state index < -0.39 is 0 Å². The summed E-state index contributed by atoms with van der Waals surface area (Å²) in [6.45, 7) is 6.98. The fraction of sp³-hybridized carbons (Fsp3) is 0.857. The molecule has 0 aromatic rings. The molecule has 7 atom stereocenters. The van der Waals surface area contributed by atoms with E-state index >= 15 is 0 Å². The van der Waals surface area contributed by atoms with Gasteiger partial charge in [0, 0.05) is 11.6 Å². The van der Waals surface area contributed by atoms with Crippen LogP contribution < -0.4 is 0 Å². The number of hydrogen-bond acceptors (Lipinski definition) is 3. The van der Waals surface area contributed by atoms with Crippen LogP contribution in [0.2, 0.25) is 0 Å². The monoisotopic (exact) mass is 361 g/mol. The first kappa shape index (κ1) is 17.7. The number of fused-ring (bicyclic) bond motifs is 5. The molecule has 4 heteroatoms. The zero-order valence-corrected chi connectivity index (χ0v) is 16.8. The lowest BCUT2D eigenvalue weighted by molar-refractivity contribution is -0.0323. The Morgan fingerprint density at radius 2 is 2.00 bits per heavy atom. The van der Waals surface area contributed by atoms with Crippen LogP contribution in [0.5, 0.6) is 0 Å². The molecule has 0 radical (unpaired) electrons. The van der Waals surface area contributed by atoms with Crippen molar-refractivity contribution in [2.24, 2.45) is 39.7 Å². The summed E-state index contributed by atoms with van der Waals surface area (Å²) in [5, 5.41) is 12.9. The summed E-state index contributed by atoms with van der Waals surface area (Å²) in [5.41, 5.74) is 3.55. The van der Waals surface area contributed by atoms with Gasteiger partial charge in [0.05, 0.1) is 5.71 Å². The fourth-order valence-electron chi connectivity index (χ4n) is 7.49. The minimum absolute atomic E-state index is 0.310. The summed E-state index contributed by atoms with van der Waals surface area (Å²) in [6, 6.07) is 0. The molecule has 3 fully saturated rings. The lowest BCUT2D eigenvalue weighted by Crippen LogP contribution is -2.50. The maximum atomic E-state index is 11.4. The second kappa shape index (κ2) is 6.19. The van der Waals surface area contributed by atoms with Crippen molar-refractivity contribution in [2.45, 2.75) is 77.8 Å². The van der Waals surface area contributed by atoms with Crippen molar-refractivity contribution in [3.05, 3.63) is 11.6 Å². The largest absolute Gasteiger partial charge is 0.411 e. The smallest absolute Gasteiger partial charge is 0.158 e. The Bertz CT molecular complexity index is 629. The van der Waals surface area contributed by atoms with Gasteiger partial charge in [0.15, 0.2) is 8.46 Å². The van der Waals surface area contributed by atoms with Gasteiger partial charge < -0.3 is 5.21 Å². The summed E-state index contributed by atoms with van der Waals surface area (Å²) in [5.74, 6) is 2.79. The number of rotatable bonds is 2. The van der Waals surface area contributed by atoms with Gasteiger partial charge >= 0.3 is 0 Å².